The quantitative estimate of drug-likeness (QED) is 0.760. The summed E-state index contributed by atoms with van der Waals surface area (Å²) >= 11 is 7.61. The predicted octanol–water partition coefficient (Wildman–Crippen LogP) is 4.37. The summed E-state index contributed by atoms with van der Waals surface area (Å²) < 4.78 is 0. The minimum atomic E-state index is 0.531. The standard InChI is InChI=1S/C16H16ClN5S/c1-10-14(23-16(19-10)22(2)3)13-7-8-18-15(21-13)20-12-6-4-5-11(17)9-12/h4-9H,1-3H3,(H,18,20,21). The number of nitrogens with zero attached hydrogens (tertiary/aromatic N) is 4. The molecule has 0 radical (unpaired) electrons. The number of aromatic nitrogens is 3. The average Bonchev–Trinajstić information content (AvgIpc) is 2.90. The number of thiazole rings is 1. The molecule has 5 nitrogen and oxygen atoms in total. The molecule has 2 aromatic heterocycles. The third kappa shape index (κ3) is 3.60. The van der Waals surface area contributed by atoms with Crippen molar-refractivity contribution in [3.05, 3.63) is 47.2 Å². The average molecular weight is 346 g/mol. The van der Waals surface area contributed by atoms with Crippen LogP contribution in [-0.4, -0.2) is 29.0 Å². The highest BCUT2D eigenvalue weighted by atomic mass is 35.5. The van der Waals surface area contributed by atoms with Crippen molar-refractivity contribution >= 4 is 39.7 Å². The van der Waals surface area contributed by atoms with Crippen molar-refractivity contribution in [2.45, 2.75) is 6.92 Å². The molecule has 0 atom stereocenters. The molecular formula is C16H16ClN5S. The third-order valence-electron chi connectivity index (χ3n) is 3.14. The number of hydrogen-bond acceptors (Lipinski definition) is 6. The van der Waals surface area contributed by atoms with Crippen LogP contribution >= 0.6 is 22.9 Å². The molecule has 7 heteroatoms. The highest BCUT2D eigenvalue weighted by molar-refractivity contribution is 7.19. The Balaban J connectivity index is 1.91. The van der Waals surface area contributed by atoms with Gasteiger partial charge >= 0.3 is 0 Å². The number of hydrogen-bond donors (Lipinski definition) is 1. The molecule has 0 aliphatic rings. The first-order valence-electron chi connectivity index (χ1n) is 7.03. The van der Waals surface area contributed by atoms with Crippen LogP contribution in [0, 0.1) is 6.92 Å². The molecule has 0 amide bonds. The molecule has 0 saturated carbocycles. The summed E-state index contributed by atoms with van der Waals surface area (Å²) in [6, 6.07) is 9.35. The van der Waals surface area contributed by atoms with Crippen molar-refractivity contribution in [2.75, 3.05) is 24.3 Å². The van der Waals surface area contributed by atoms with Gasteiger partial charge in [-0.2, -0.15) is 0 Å². The molecule has 0 aliphatic heterocycles. The van der Waals surface area contributed by atoms with Crippen LogP contribution in [0.5, 0.6) is 0 Å². The van der Waals surface area contributed by atoms with Gasteiger partial charge in [0.25, 0.3) is 0 Å². The predicted molar refractivity (Wildman–Crippen MR) is 96.9 cm³/mol. The van der Waals surface area contributed by atoms with Crippen LogP contribution < -0.4 is 10.2 Å². The van der Waals surface area contributed by atoms with Gasteiger partial charge < -0.3 is 10.2 Å². The fourth-order valence-corrected chi connectivity index (χ4v) is 3.20. The Kier molecular flexibility index (Phi) is 4.45. The van der Waals surface area contributed by atoms with Gasteiger partial charge in [0.2, 0.25) is 5.95 Å². The van der Waals surface area contributed by atoms with E-state index in [0.29, 0.717) is 11.0 Å². The number of aryl methyl sites for hydroxylation is 1. The van der Waals surface area contributed by atoms with E-state index < -0.39 is 0 Å². The topological polar surface area (TPSA) is 53.9 Å². The zero-order valence-corrected chi connectivity index (χ0v) is 14.6. The molecule has 0 aliphatic carbocycles. The zero-order chi connectivity index (χ0) is 16.4. The van der Waals surface area contributed by atoms with E-state index in [1.54, 1.807) is 17.5 Å². The molecule has 0 fully saturated rings. The van der Waals surface area contributed by atoms with Gasteiger partial charge in [-0.05, 0) is 31.2 Å². The van der Waals surface area contributed by atoms with Crippen molar-refractivity contribution in [3.63, 3.8) is 0 Å². The lowest BCUT2D eigenvalue weighted by Gasteiger charge is -2.06. The summed E-state index contributed by atoms with van der Waals surface area (Å²) in [5.74, 6) is 0.531. The normalized spacial score (nSPS) is 10.6. The van der Waals surface area contributed by atoms with Gasteiger partial charge in [0, 0.05) is 31.0 Å². The van der Waals surface area contributed by atoms with Crippen LogP contribution in [0.4, 0.5) is 16.8 Å². The first-order chi connectivity index (χ1) is 11.0. The lowest BCUT2D eigenvalue weighted by Crippen LogP contribution is -2.07. The molecule has 3 aromatic rings. The minimum Gasteiger partial charge on any atom is -0.354 e. The van der Waals surface area contributed by atoms with Crippen molar-refractivity contribution in [1.82, 2.24) is 15.0 Å². The van der Waals surface area contributed by atoms with Crippen LogP contribution in [0.1, 0.15) is 5.69 Å². The van der Waals surface area contributed by atoms with Crippen molar-refractivity contribution in [3.8, 4) is 10.6 Å². The SMILES string of the molecule is Cc1nc(N(C)C)sc1-c1ccnc(Nc2cccc(Cl)c2)n1. The van der Waals surface area contributed by atoms with Gasteiger partial charge in [0.15, 0.2) is 5.13 Å². The molecule has 3 rings (SSSR count). The fourth-order valence-electron chi connectivity index (χ4n) is 2.05. The second-order valence-electron chi connectivity index (χ2n) is 5.21. The summed E-state index contributed by atoms with van der Waals surface area (Å²) in [6.45, 7) is 1.99. The Morgan fingerprint density at radius 1 is 1.17 bits per heavy atom. The molecule has 0 spiro atoms. The van der Waals surface area contributed by atoms with Crippen LogP contribution in [-0.2, 0) is 0 Å². The van der Waals surface area contributed by atoms with Gasteiger partial charge in [0.1, 0.15) is 0 Å². The molecule has 1 N–H and O–H groups in total. The lowest BCUT2D eigenvalue weighted by atomic mass is 10.3. The van der Waals surface area contributed by atoms with E-state index in [4.69, 9.17) is 11.6 Å². The smallest absolute Gasteiger partial charge is 0.227 e. The molecule has 118 valence electrons. The molecule has 0 bridgehead atoms. The van der Waals surface area contributed by atoms with Gasteiger partial charge in [-0.15, -0.1) is 0 Å². The van der Waals surface area contributed by atoms with E-state index >= 15 is 0 Å². The van der Waals surface area contributed by atoms with Crippen molar-refractivity contribution in [1.29, 1.82) is 0 Å². The molecule has 2 heterocycles. The molecule has 0 unspecified atom stereocenters. The lowest BCUT2D eigenvalue weighted by molar-refractivity contribution is 1.09. The fraction of sp³-hybridized carbons (Fsp3) is 0.188. The summed E-state index contributed by atoms with van der Waals surface area (Å²) in [5.41, 5.74) is 2.67. The van der Waals surface area contributed by atoms with E-state index in [1.807, 2.05) is 56.3 Å². The van der Waals surface area contributed by atoms with E-state index in [1.165, 1.54) is 0 Å². The third-order valence-corrected chi connectivity index (χ3v) is 4.72. The van der Waals surface area contributed by atoms with Gasteiger partial charge in [-0.3, -0.25) is 0 Å². The van der Waals surface area contributed by atoms with Crippen LogP contribution in [0.25, 0.3) is 10.6 Å². The van der Waals surface area contributed by atoms with Crippen molar-refractivity contribution < 1.29 is 0 Å². The first-order valence-corrected chi connectivity index (χ1v) is 8.23. The number of rotatable bonds is 4. The highest BCUT2D eigenvalue weighted by Gasteiger charge is 2.13. The molecule has 23 heavy (non-hydrogen) atoms. The maximum absolute atomic E-state index is 6.00. The maximum atomic E-state index is 6.00. The number of nitrogens with one attached hydrogen (secondary N) is 1. The Bertz CT molecular complexity index is 831. The van der Waals surface area contributed by atoms with Crippen molar-refractivity contribution in [2.24, 2.45) is 0 Å². The maximum Gasteiger partial charge on any atom is 0.227 e. The Hall–Kier alpha value is -2.18. The zero-order valence-electron chi connectivity index (χ0n) is 13.0. The van der Waals surface area contributed by atoms with E-state index in [-0.39, 0.29) is 0 Å². The summed E-state index contributed by atoms with van der Waals surface area (Å²) in [4.78, 5) is 16.5. The summed E-state index contributed by atoms with van der Waals surface area (Å²) in [6.07, 6.45) is 1.74. The molecule has 0 saturated heterocycles. The Morgan fingerprint density at radius 2 is 2.00 bits per heavy atom. The first kappa shape index (κ1) is 15.7. The Morgan fingerprint density at radius 3 is 2.70 bits per heavy atom. The number of benzene rings is 1. The van der Waals surface area contributed by atoms with E-state index in [0.717, 1.165) is 27.1 Å². The van der Waals surface area contributed by atoms with Crippen LogP contribution in [0.3, 0.4) is 0 Å². The van der Waals surface area contributed by atoms with Gasteiger partial charge in [0.05, 0.1) is 16.3 Å². The van der Waals surface area contributed by atoms with Gasteiger partial charge in [-0.1, -0.05) is 29.0 Å². The number of anilines is 3. The Labute approximate surface area is 144 Å². The highest BCUT2D eigenvalue weighted by Crippen LogP contribution is 2.33. The largest absolute Gasteiger partial charge is 0.354 e. The summed E-state index contributed by atoms with van der Waals surface area (Å²) in [5, 5.41) is 4.80. The molecule has 1 aromatic carbocycles. The molecular weight excluding hydrogens is 330 g/mol. The second-order valence-corrected chi connectivity index (χ2v) is 6.62. The monoisotopic (exact) mass is 345 g/mol. The van der Waals surface area contributed by atoms with Crippen LogP contribution in [0.15, 0.2) is 36.5 Å². The summed E-state index contributed by atoms with van der Waals surface area (Å²) in [7, 11) is 3.96. The van der Waals surface area contributed by atoms with Crippen LogP contribution in [0.2, 0.25) is 5.02 Å². The minimum absolute atomic E-state index is 0.531. The van der Waals surface area contributed by atoms with E-state index in [9.17, 15) is 0 Å². The second kappa shape index (κ2) is 6.52. The van der Waals surface area contributed by atoms with E-state index in [2.05, 4.69) is 20.3 Å². The number of halogens is 1. The van der Waals surface area contributed by atoms with Gasteiger partial charge in [-0.25, -0.2) is 15.0 Å².